The van der Waals surface area contributed by atoms with Crippen molar-refractivity contribution in [2.75, 3.05) is 0 Å². The minimum atomic E-state index is -1.59. The normalized spacial score (nSPS) is 15.6. The van der Waals surface area contributed by atoms with Crippen LogP contribution in [0.5, 0.6) is 0 Å². The molecule has 5 unspecified atom stereocenters. The average Bonchev–Trinajstić information content (AvgIpc) is 2.61. The van der Waals surface area contributed by atoms with Crippen LogP contribution in [0.1, 0.15) is 33.1 Å². The van der Waals surface area contributed by atoms with Gasteiger partial charge < -0.3 is 43.4 Å². The number of aliphatic hydroxyl groups is 1. The first-order valence-electron chi connectivity index (χ1n) is 8.90. The van der Waals surface area contributed by atoms with Crippen molar-refractivity contribution in [1.29, 1.82) is 0 Å². The number of nitrogens with two attached hydrogens (primary N) is 3. The number of aliphatic hydroxyl groups excluding tert-OH is 1. The number of carboxylic acids is 1. The van der Waals surface area contributed by atoms with Gasteiger partial charge in [-0.15, -0.1) is 0 Å². The summed E-state index contributed by atoms with van der Waals surface area (Å²) in [5.74, 6) is -5.85. The molecule has 0 aromatic heterocycles. The molecule has 0 saturated heterocycles. The summed E-state index contributed by atoms with van der Waals surface area (Å²) in [6.45, 7) is 2.42. The Morgan fingerprint density at radius 3 is 1.87 bits per heavy atom. The lowest BCUT2D eigenvalue weighted by molar-refractivity contribution is -0.143. The van der Waals surface area contributed by atoms with Crippen LogP contribution in [0.15, 0.2) is 0 Å². The van der Waals surface area contributed by atoms with Crippen molar-refractivity contribution >= 4 is 35.5 Å². The molecular weight excluding hydrogens is 404 g/mol. The van der Waals surface area contributed by atoms with Gasteiger partial charge in [0.2, 0.25) is 29.5 Å². The summed E-state index contributed by atoms with van der Waals surface area (Å²) < 4.78 is 0. The highest BCUT2D eigenvalue weighted by Crippen LogP contribution is 2.00. The maximum absolute atomic E-state index is 12.3. The number of carbonyl (C=O) groups excluding carboxylic acids is 5. The molecule has 0 aliphatic rings. The third-order valence-electron chi connectivity index (χ3n) is 3.87. The van der Waals surface area contributed by atoms with Gasteiger partial charge in [-0.2, -0.15) is 0 Å². The topological polar surface area (TPSA) is 257 Å². The molecular formula is C16H28N6O8. The predicted molar refractivity (Wildman–Crippen MR) is 101 cm³/mol. The number of hydrogen-bond acceptors (Lipinski definition) is 8. The second-order valence-electron chi connectivity index (χ2n) is 6.64. The van der Waals surface area contributed by atoms with Gasteiger partial charge >= 0.3 is 5.97 Å². The molecule has 0 fully saturated rings. The monoisotopic (exact) mass is 432 g/mol. The van der Waals surface area contributed by atoms with Crippen LogP contribution in [-0.4, -0.2) is 76.0 Å². The number of carbonyl (C=O) groups is 6. The van der Waals surface area contributed by atoms with Crippen molar-refractivity contribution in [2.45, 2.75) is 63.4 Å². The number of aliphatic carboxylic acids is 1. The van der Waals surface area contributed by atoms with Gasteiger partial charge in [0.25, 0.3) is 0 Å². The highest BCUT2D eigenvalue weighted by Gasteiger charge is 2.31. The van der Waals surface area contributed by atoms with E-state index in [0.717, 1.165) is 0 Å². The van der Waals surface area contributed by atoms with Crippen molar-refractivity contribution in [1.82, 2.24) is 16.0 Å². The number of hydrogen-bond donors (Lipinski definition) is 8. The van der Waals surface area contributed by atoms with E-state index in [1.54, 1.807) is 0 Å². The molecule has 0 rings (SSSR count). The van der Waals surface area contributed by atoms with Crippen LogP contribution < -0.4 is 33.2 Å². The Balaban J connectivity index is 4.98. The molecule has 30 heavy (non-hydrogen) atoms. The summed E-state index contributed by atoms with van der Waals surface area (Å²) in [4.78, 5) is 69.2. The average molecular weight is 432 g/mol. The Kier molecular flexibility index (Phi) is 11.0. The van der Waals surface area contributed by atoms with Gasteiger partial charge in [-0.1, -0.05) is 0 Å². The smallest absolute Gasteiger partial charge is 0.326 e. The zero-order valence-corrected chi connectivity index (χ0v) is 16.6. The molecule has 11 N–H and O–H groups in total. The molecule has 5 atom stereocenters. The molecule has 0 aromatic rings. The van der Waals surface area contributed by atoms with Crippen molar-refractivity contribution < 1.29 is 39.0 Å². The summed E-state index contributed by atoms with van der Waals surface area (Å²) in [5.41, 5.74) is 15.5. The number of carboxylic acid groups (broad SMARTS) is 1. The van der Waals surface area contributed by atoms with Crippen molar-refractivity contribution in [2.24, 2.45) is 17.2 Å². The van der Waals surface area contributed by atoms with Gasteiger partial charge in [0.1, 0.15) is 18.1 Å². The first-order valence-corrected chi connectivity index (χ1v) is 8.90. The molecule has 0 heterocycles. The largest absolute Gasteiger partial charge is 0.480 e. The Morgan fingerprint density at radius 2 is 1.43 bits per heavy atom. The Morgan fingerprint density at radius 1 is 0.867 bits per heavy atom. The standard InChI is InChI=1S/C16H28N6O8/c1-6(13(26)21-9(16(29)30)5-11(19)25)20-15(28)12(7(2)23)22-14(27)8(17)3-4-10(18)24/h6-9,12,23H,3-5,17H2,1-2H3,(H2,18,24)(H2,19,25)(H,20,28)(H,21,26)(H,22,27)(H,29,30). The number of primary amides is 2. The maximum Gasteiger partial charge on any atom is 0.326 e. The van der Waals surface area contributed by atoms with Crippen molar-refractivity contribution in [3.05, 3.63) is 0 Å². The van der Waals surface area contributed by atoms with Gasteiger partial charge in [0, 0.05) is 6.42 Å². The Hall–Kier alpha value is -3.26. The molecule has 0 aromatic carbocycles. The second-order valence-corrected chi connectivity index (χ2v) is 6.64. The van der Waals surface area contributed by atoms with Gasteiger partial charge in [-0.05, 0) is 20.3 Å². The summed E-state index contributed by atoms with van der Waals surface area (Å²) in [6.07, 6.45) is -2.27. The number of rotatable bonds is 13. The molecule has 0 saturated carbocycles. The fraction of sp³-hybridized carbons (Fsp3) is 0.625. The zero-order valence-electron chi connectivity index (χ0n) is 16.6. The molecule has 0 aliphatic heterocycles. The maximum atomic E-state index is 12.3. The fourth-order valence-electron chi connectivity index (χ4n) is 2.16. The molecule has 14 heteroatoms. The number of amides is 5. The van der Waals surface area contributed by atoms with Crippen LogP contribution in [0.2, 0.25) is 0 Å². The summed E-state index contributed by atoms with van der Waals surface area (Å²) in [6, 6.07) is -5.54. The summed E-state index contributed by atoms with van der Waals surface area (Å²) in [5, 5.41) is 25.2. The molecule has 0 bridgehead atoms. The van der Waals surface area contributed by atoms with E-state index in [9.17, 15) is 33.9 Å². The fourth-order valence-corrected chi connectivity index (χ4v) is 2.16. The quantitative estimate of drug-likeness (QED) is 0.139. The van der Waals surface area contributed by atoms with Crippen LogP contribution >= 0.6 is 0 Å². The van der Waals surface area contributed by atoms with E-state index in [0.29, 0.717) is 0 Å². The van der Waals surface area contributed by atoms with Crippen molar-refractivity contribution in [3.63, 3.8) is 0 Å². The highest BCUT2D eigenvalue weighted by molar-refractivity contribution is 5.95. The van der Waals surface area contributed by atoms with Crippen molar-refractivity contribution in [3.8, 4) is 0 Å². The van der Waals surface area contributed by atoms with E-state index < -0.39 is 72.2 Å². The highest BCUT2D eigenvalue weighted by atomic mass is 16.4. The zero-order chi connectivity index (χ0) is 23.6. The lowest BCUT2D eigenvalue weighted by atomic mass is 10.1. The van der Waals surface area contributed by atoms with Crippen LogP contribution in [0, 0.1) is 0 Å². The molecule has 14 nitrogen and oxygen atoms in total. The first-order chi connectivity index (χ1) is 13.8. The van der Waals surface area contributed by atoms with Crippen LogP contribution in [-0.2, 0) is 28.8 Å². The van der Waals surface area contributed by atoms with E-state index in [2.05, 4.69) is 10.6 Å². The SMILES string of the molecule is CC(NC(=O)C(NC(=O)C(N)CCC(N)=O)C(C)O)C(=O)NC(CC(N)=O)C(=O)O. The molecule has 5 amide bonds. The lowest BCUT2D eigenvalue weighted by Gasteiger charge is -2.25. The van der Waals surface area contributed by atoms with E-state index in [4.69, 9.17) is 22.3 Å². The Bertz CT molecular complexity index is 683. The summed E-state index contributed by atoms with van der Waals surface area (Å²) >= 11 is 0. The van der Waals surface area contributed by atoms with Crippen LogP contribution in [0.4, 0.5) is 0 Å². The molecule has 0 aliphatic carbocycles. The van der Waals surface area contributed by atoms with E-state index >= 15 is 0 Å². The third kappa shape index (κ3) is 9.79. The van der Waals surface area contributed by atoms with E-state index in [1.165, 1.54) is 13.8 Å². The van der Waals surface area contributed by atoms with E-state index in [-0.39, 0.29) is 12.8 Å². The minimum Gasteiger partial charge on any atom is -0.480 e. The lowest BCUT2D eigenvalue weighted by Crippen LogP contribution is -2.59. The molecule has 0 radical (unpaired) electrons. The molecule has 170 valence electrons. The summed E-state index contributed by atoms with van der Waals surface area (Å²) in [7, 11) is 0. The number of nitrogens with one attached hydrogen (secondary N) is 3. The minimum absolute atomic E-state index is 0.0788. The molecule has 0 spiro atoms. The second kappa shape index (κ2) is 12.3. The predicted octanol–water partition coefficient (Wildman–Crippen LogP) is -4.61. The van der Waals surface area contributed by atoms with Gasteiger partial charge in [0.15, 0.2) is 0 Å². The Labute approximate surface area is 171 Å². The van der Waals surface area contributed by atoms with Gasteiger partial charge in [0.05, 0.1) is 18.6 Å². The first kappa shape index (κ1) is 26.7. The van der Waals surface area contributed by atoms with Crippen LogP contribution in [0.3, 0.4) is 0 Å². The van der Waals surface area contributed by atoms with Crippen LogP contribution in [0.25, 0.3) is 0 Å². The third-order valence-corrected chi connectivity index (χ3v) is 3.87. The van der Waals surface area contributed by atoms with E-state index in [1.807, 2.05) is 5.32 Å². The van der Waals surface area contributed by atoms with Gasteiger partial charge in [-0.3, -0.25) is 24.0 Å². The van der Waals surface area contributed by atoms with Gasteiger partial charge in [-0.25, -0.2) is 4.79 Å².